The average molecular weight is 342 g/mol. The fourth-order valence-corrected chi connectivity index (χ4v) is 2.51. The first-order valence-corrected chi connectivity index (χ1v) is 8.09. The molecule has 1 aromatic heterocycles. The number of ether oxygens (including phenoxy) is 2. The number of nitrogens with one attached hydrogen (secondary N) is 2. The highest BCUT2D eigenvalue weighted by Gasteiger charge is 2.16. The number of anilines is 1. The van der Waals surface area contributed by atoms with Gasteiger partial charge in [0.1, 0.15) is 5.82 Å². The number of pyridine rings is 1. The average Bonchev–Trinajstić information content (AvgIpc) is 3.07. The lowest BCUT2D eigenvalue weighted by Crippen LogP contribution is -2.36. The highest BCUT2D eigenvalue weighted by Crippen LogP contribution is 2.34. The number of amides is 2. The van der Waals surface area contributed by atoms with Crippen LogP contribution in [0.15, 0.2) is 36.5 Å². The second-order valence-electron chi connectivity index (χ2n) is 6.08. The molecule has 7 heteroatoms. The molecule has 2 heterocycles. The molecule has 0 saturated carbocycles. The zero-order valence-electron chi connectivity index (χ0n) is 14.6. The molecule has 2 amide bonds. The molecule has 1 unspecified atom stereocenters. The first-order valence-electron chi connectivity index (χ1n) is 8.09. The SMILES string of the molecule is CC(NC(=O)NCc1ccnc(N(C)C)c1)c1ccc2c(c1)OCO2. The van der Waals surface area contributed by atoms with Crippen molar-refractivity contribution in [2.75, 3.05) is 25.8 Å². The minimum Gasteiger partial charge on any atom is -0.454 e. The molecule has 0 saturated heterocycles. The van der Waals surface area contributed by atoms with Gasteiger partial charge in [-0.05, 0) is 42.3 Å². The lowest BCUT2D eigenvalue weighted by atomic mass is 10.1. The van der Waals surface area contributed by atoms with E-state index in [2.05, 4.69) is 15.6 Å². The number of benzene rings is 1. The van der Waals surface area contributed by atoms with Crippen LogP contribution in [0.25, 0.3) is 0 Å². The third-order valence-electron chi connectivity index (χ3n) is 3.97. The van der Waals surface area contributed by atoms with E-state index in [-0.39, 0.29) is 18.9 Å². The first-order chi connectivity index (χ1) is 12.0. The Kier molecular flexibility index (Phi) is 4.92. The molecule has 1 aromatic carbocycles. The van der Waals surface area contributed by atoms with E-state index in [9.17, 15) is 4.79 Å². The summed E-state index contributed by atoms with van der Waals surface area (Å²) < 4.78 is 10.7. The van der Waals surface area contributed by atoms with Gasteiger partial charge in [0, 0.05) is 26.8 Å². The van der Waals surface area contributed by atoms with Crippen molar-refractivity contribution in [3.8, 4) is 11.5 Å². The lowest BCUT2D eigenvalue weighted by molar-refractivity contribution is 0.174. The topological polar surface area (TPSA) is 75.7 Å². The van der Waals surface area contributed by atoms with Gasteiger partial charge < -0.3 is 25.0 Å². The van der Waals surface area contributed by atoms with Crippen molar-refractivity contribution in [2.45, 2.75) is 19.5 Å². The number of fused-ring (bicyclic) bond motifs is 1. The number of hydrogen-bond acceptors (Lipinski definition) is 5. The monoisotopic (exact) mass is 342 g/mol. The van der Waals surface area contributed by atoms with Crippen molar-refractivity contribution in [1.29, 1.82) is 0 Å². The maximum atomic E-state index is 12.1. The number of nitrogens with zero attached hydrogens (tertiary/aromatic N) is 2. The summed E-state index contributed by atoms with van der Waals surface area (Å²) in [6, 6.07) is 9.12. The molecule has 7 nitrogen and oxygen atoms in total. The quantitative estimate of drug-likeness (QED) is 0.873. The Morgan fingerprint density at radius 2 is 2.04 bits per heavy atom. The first kappa shape index (κ1) is 16.9. The summed E-state index contributed by atoms with van der Waals surface area (Å²) in [5, 5.41) is 5.79. The molecule has 1 aliphatic rings. The standard InChI is InChI=1S/C18H22N4O3/c1-12(14-4-5-15-16(9-14)25-11-24-15)21-18(23)20-10-13-6-7-19-17(8-13)22(2)3/h4-9,12H,10-11H2,1-3H3,(H2,20,21,23). The van der Waals surface area contributed by atoms with Gasteiger partial charge in [-0.25, -0.2) is 9.78 Å². The van der Waals surface area contributed by atoms with E-state index in [4.69, 9.17) is 9.47 Å². The number of aromatic nitrogens is 1. The third-order valence-corrected chi connectivity index (χ3v) is 3.97. The van der Waals surface area contributed by atoms with Gasteiger partial charge in [0.15, 0.2) is 11.5 Å². The number of carbonyl (C=O) groups excluding carboxylic acids is 1. The Morgan fingerprint density at radius 3 is 2.84 bits per heavy atom. The highest BCUT2D eigenvalue weighted by molar-refractivity contribution is 5.74. The minimum atomic E-state index is -0.228. The van der Waals surface area contributed by atoms with Crippen LogP contribution in [0.4, 0.5) is 10.6 Å². The fourth-order valence-electron chi connectivity index (χ4n) is 2.51. The smallest absolute Gasteiger partial charge is 0.315 e. The van der Waals surface area contributed by atoms with Crippen molar-refractivity contribution < 1.29 is 14.3 Å². The van der Waals surface area contributed by atoms with Gasteiger partial charge in [-0.1, -0.05) is 6.07 Å². The molecular formula is C18H22N4O3. The molecule has 2 aromatic rings. The van der Waals surface area contributed by atoms with Gasteiger partial charge in [0.05, 0.1) is 6.04 Å². The molecular weight excluding hydrogens is 320 g/mol. The zero-order chi connectivity index (χ0) is 17.8. The number of urea groups is 1. The zero-order valence-corrected chi connectivity index (χ0v) is 14.6. The van der Waals surface area contributed by atoms with Crippen LogP contribution in [0.2, 0.25) is 0 Å². The Hall–Kier alpha value is -2.96. The summed E-state index contributed by atoms with van der Waals surface area (Å²) in [4.78, 5) is 18.3. The molecule has 0 radical (unpaired) electrons. The Labute approximate surface area is 147 Å². The van der Waals surface area contributed by atoms with E-state index in [0.29, 0.717) is 12.3 Å². The molecule has 0 bridgehead atoms. The van der Waals surface area contributed by atoms with E-state index in [1.165, 1.54) is 0 Å². The Morgan fingerprint density at radius 1 is 1.24 bits per heavy atom. The van der Waals surface area contributed by atoms with Crippen molar-refractivity contribution in [1.82, 2.24) is 15.6 Å². The lowest BCUT2D eigenvalue weighted by Gasteiger charge is -2.16. The van der Waals surface area contributed by atoms with E-state index < -0.39 is 0 Å². The van der Waals surface area contributed by atoms with Gasteiger partial charge in [0.2, 0.25) is 6.79 Å². The summed E-state index contributed by atoms with van der Waals surface area (Å²) in [5.41, 5.74) is 1.95. The molecule has 0 fully saturated rings. The molecule has 25 heavy (non-hydrogen) atoms. The van der Waals surface area contributed by atoms with E-state index in [1.54, 1.807) is 6.20 Å². The Balaban J connectivity index is 1.54. The van der Waals surface area contributed by atoms with Gasteiger partial charge >= 0.3 is 6.03 Å². The summed E-state index contributed by atoms with van der Waals surface area (Å²) in [5.74, 6) is 2.29. The number of carbonyl (C=O) groups is 1. The van der Waals surface area contributed by atoms with Crippen LogP contribution in [0.3, 0.4) is 0 Å². The van der Waals surface area contributed by atoms with Crippen molar-refractivity contribution >= 4 is 11.8 Å². The van der Waals surface area contributed by atoms with Crippen LogP contribution in [-0.4, -0.2) is 31.9 Å². The summed E-state index contributed by atoms with van der Waals surface area (Å²) >= 11 is 0. The van der Waals surface area contributed by atoms with Gasteiger partial charge in [-0.15, -0.1) is 0 Å². The van der Waals surface area contributed by atoms with Crippen molar-refractivity contribution in [2.24, 2.45) is 0 Å². The van der Waals surface area contributed by atoms with Gasteiger partial charge in [-0.3, -0.25) is 0 Å². The Bertz CT molecular complexity index is 764. The van der Waals surface area contributed by atoms with E-state index in [0.717, 1.165) is 22.7 Å². The highest BCUT2D eigenvalue weighted by atomic mass is 16.7. The largest absolute Gasteiger partial charge is 0.454 e. The van der Waals surface area contributed by atoms with Crippen LogP contribution in [-0.2, 0) is 6.54 Å². The van der Waals surface area contributed by atoms with Crippen molar-refractivity contribution in [3.05, 3.63) is 47.7 Å². The fraction of sp³-hybridized carbons (Fsp3) is 0.333. The van der Waals surface area contributed by atoms with Crippen molar-refractivity contribution in [3.63, 3.8) is 0 Å². The van der Waals surface area contributed by atoms with Crippen LogP contribution in [0, 0.1) is 0 Å². The second-order valence-corrected chi connectivity index (χ2v) is 6.08. The van der Waals surface area contributed by atoms with E-state index in [1.807, 2.05) is 56.3 Å². The van der Waals surface area contributed by atoms with Crippen LogP contribution < -0.4 is 25.0 Å². The molecule has 1 aliphatic heterocycles. The number of rotatable bonds is 5. The second kappa shape index (κ2) is 7.29. The molecule has 2 N–H and O–H groups in total. The molecule has 0 aliphatic carbocycles. The summed E-state index contributed by atoms with van der Waals surface area (Å²) in [6.07, 6.45) is 1.74. The molecule has 0 spiro atoms. The summed E-state index contributed by atoms with van der Waals surface area (Å²) in [7, 11) is 3.86. The number of hydrogen-bond donors (Lipinski definition) is 2. The maximum absolute atomic E-state index is 12.1. The van der Waals surface area contributed by atoms with Gasteiger partial charge in [0.25, 0.3) is 0 Å². The van der Waals surface area contributed by atoms with Crippen LogP contribution >= 0.6 is 0 Å². The normalized spacial score (nSPS) is 13.2. The van der Waals surface area contributed by atoms with Crippen LogP contribution in [0.1, 0.15) is 24.1 Å². The maximum Gasteiger partial charge on any atom is 0.315 e. The molecule has 132 valence electrons. The molecule has 3 rings (SSSR count). The van der Waals surface area contributed by atoms with Gasteiger partial charge in [-0.2, -0.15) is 0 Å². The van der Waals surface area contributed by atoms with E-state index >= 15 is 0 Å². The minimum absolute atomic E-state index is 0.149. The van der Waals surface area contributed by atoms with Crippen LogP contribution in [0.5, 0.6) is 11.5 Å². The predicted molar refractivity (Wildman–Crippen MR) is 94.9 cm³/mol. The predicted octanol–water partition coefficient (Wildman–Crippen LogP) is 2.44. The summed E-state index contributed by atoms with van der Waals surface area (Å²) in [6.45, 7) is 2.60. The molecule has 1 atom stereocenters. The third kappa shape index (κ3) is 4.12.